The monoisotopic (exact) mass is 635 g/mol. The van der Waals surface area contributed by atoms with E-state index in [1.807, 2.05) is 0 Å². The van der Waals surface area contributed by atoms with Gasteiger partial charge in [-0.05, 0) is 49.4 Å². The van der Waals surface area contributed by atoms with E-state index < -0.39 is 17.4 Å². The fraction of sp³-hybridized carbons (Fsp3) is 0.344. The van der Waals surface area contributed by atoms with E-state index in [4.69, 9.17) is 28.6 Å². The number of nitrogens with zero attached hydrogens (tertiary/aromatic N) is 4. The second-order valence-electron chi connectivity index (χ2n) is 11.3. The molecule has 13 heteroatoms. The maximum absolute atomic E-state index is 15.5. The Morgan fingerprint density at radius 1 is 1.24 bits per heavy atom. The van der Waals surface area contributed by atoms with E-state index in [0.717, 1.165) is 31.9 Å². The lowest BCUT2D eigenvalue weighted by Crippen LogP contribution is -2.28. The van der Waals surface area contributed by atoms with Gasteiger partial charge in [-0.2, -0.15) is 0 Å². The van der Waals surface area contributed by atoms with Gasteiger partial charge in [0.1, 0.15) is 0 Å². The predicted octanol–water partition coefficient (Wildman–Crippen LogP) is 4.69. The second kappa shape index (κ2) is 15.0. The average molecular weight is 636 g/mol. The molecule has 0 spiro atoms. The number of allylic oxidation sites excluding steroid dienone is 2. The van der Waals surface area contributed by atoms with Crippen LogP contribution in [0, 0.1) is 23.1 Å². The Bertz CT molecular complexity index is 1670. The summed E-state index contributed by atoms with van der Waals surface area (Å²) in [5.41, 5.74) is 8.65. The van der Waals surface area contributed by atoms with Gasteiger partial charge in [0.05, 0.1) is 51.4 Å². The molecule has 1 amide bonds. The minimum atomic E-state index is -0.757. The van der Waals surface area contributed by atoms with Crippen LogP contribution in [0.1, 0.15) is 63.3 Å². The number of carbonyl (C=O) groups excluding carboxylic acids is 1. The zero-order chi connectivity index (χ0) is 32.7. The number of pyridine rings is 1. The number of anilines is 1. The minimum Gasteiger partial charge on any atom is -0.401 e. The number of rotatable bonds is 15. The molecule has 2 heterocycles. The molecule has 0 saturated heterocycles. The Labute approximate surface area is 266 Å². The first-order valence-electron chi connectivity index (χ1n) is 14.8. The molecule has 2 aromatic heterocycles. The molecule has 1 fully saturated rings. The first kappa shape index (κ1) is 33.3. The lowest BCUT2D eigenvalue weighted by Gasteiger charge is -2.22. The summed E-state index contributed by atoms with van der Waals surface area (Å²) in [7, 11) is 1.68. The predicted molar refractivity (Wildman–Crippen MR) is 176 cm³/mol. The third-order valence-electron chi connectivity index (χ3n) is 7.66. The van der Waals surface area contributed by atoms with Crippen LogP contribution in [0.25, 0.3) is 17.0 Å². The van der Waals surface area contributed by atoms with Crippen LogP contribution >= 0.6 is 11.6 Å². The van der Waals surface area contributed by atoms with Crippen LogP contribution in [0.2, 0.25) is 5.02 Å². The van der Waals surface area contributed by atoms with Gasteiger partial charge in [-0.3, -0.25) is 24.1 Å². The van der Waals surface area contributed by atoms with Crippen molar-refractivity contribution in [2.24, 2.45) is 23.4 Å². The van der Waals surface area contributed by atoms with Crippen molar-refractivity contribution in [3.05, 3.63) is 92.9 Å². The van der Waals surface area contributed by atoms with Gasteiger partial charge in [-0.15, -0.1) is 0 Å². The van der Waals surface area contributed by atoms with E-state index in [9.17, 15) is 9.59 Å². The van der Waals surface area contributed by atoms with Gasteiger partial charge in [-0.1, -0.05) is 38.3 Å². The molecule has 0 bridgehead atoms. The lowest BCUT2D eigenvalue weighted by atomic mass is 9.99. The third kappa shape index (κ3) is 7.95. The first-order valence-corrected chi connectivity index (χ1v) is 15.1. The summed E-state index contributed by atoms with van der Waals surface area (Å²) in [6.07, 6.45) is 10.3. The van der Waals surface area contributed by atoms with Crippen molar-refractivity contribution in [2.75, 3.05) is 12.1 Å². The molecule has 1 saturated carbocycles. The first-order chi connectivity index (χ1) is 21.6. The highest BCUT2D eigenvalue weighted by molar-refractivity contribution is 6.31. The molecular formula is C32H39ClFN9O2. The number of benzene rings is 1. The van der Waals surface area contributed by atoms with E-state index in [-0.39, 0.29) is 33.6 Å². The topological polar surface area (TPSA) is 168 Å². The molecule has 11 nitrogen and oxygen atoms in total. The van der Waals surface area contributed by atoms with Crippen molar-refractivity contribution < 1.29 is 9.18 Å². The molecule has 1 aliphatic carbocycles. The normalized spacial score (nSPS) is 14.5. The van der Waals surface area contributed by atoms with E-state index in [1.54, 1.807) is 37.6 Å². The Morgan fingerprint density at radius 3 is 2.62 bits per heavy atom. The van der Waals surface area contributed by atoms with Crippen molar-refractivity contribution in [2.45, 2.75) is 52.0 Å². The highest BCUT2D eigenvalue weighted by atomic mass is 35.5. The fourth-order valence-electron chi connectivity index (χ4n) is 5.15. The maximum atomic E-state index is 15.5. The Hall–Kier alpha value is -4.55. The molecule has 45 heavy (non-hydrogen) atoms. The zero-order valence-corrected chi connectivity index (χ0v) is 26.3. The molecule has 1 aliphatic rings. The Morgan fingerprint density at radius 2 is 2.00 bits per heavy atom. The van der Waals surface area contributed by atoms with Gasteiger partial charge in [0, 0.05) is 48.9 Å². The molecule has 3 aromatic rings. The fourth-order valence-corrected chi connectivity index (χ4v) is 5.31. The number of hydrazine groups is 1. The summed E-state index contributed by atoms with van der Waals surface area (Å²) in [5.74, 6) is 6.24. The number of aromatic nitrogens is 3. The molecule has 0 aliphatic heterocycles. The summed E-state index contributed by atoms with van der Waals surface area (Å²) < 4.78 is 17.0. The minimum absolute atomic E-state index is 0.0174. The molecule has 7 N–H and O–H groups in total. The molecular weight excluding hydrogens is 597 g/mol. The van der Waals surface area contributed by atoms with Crippen LogP contribution < -0.4 is 32.8 Å². The second-order valence-corrected chi connectivity index (χ2v) is 11.7. The van der Waals surface area contributed by atoms with Crippen molar-refractivity contribution in [1.29, 1.82) is 5.41 Å². The van der Waals surface area contributed by atoms with Crippen molar-refractivity contribution in [3.8, 4) is 11.3 Å². The Balaban J connectivity index is 1.79. The van der Waals surface area contributed by atoms with Gasteiger partial charge in [-0.25, -0.2) is 15.2 Å². The van der Waals surface area contributed by atoms with Crippen LogP contribution in [-0.2, 0) is 4.79 Å². The highest BCUT2D eigenvalue weighted by Crippen LogP contribution is 2.37. The van der Waals surface area contributed by atoms with Gasteiger partial charge in [0.25, 0.3) is 5.56 Å². The summed E-state index contributed by atoms with van der Waals surface area (Å²) >= 11 is 6.16. The number of nitrogens with one attached hydrogen (secondary N) is 3. The smallest absolute Gasteiger partial charge is 0.254 e. The van der Waals surface area contributed by atoms with Gasteiger partial charge in [0.15, 0.2) is 5.82 Å². The summed E-state index contributed by atoms with van der Waals surface area (Å²) in [6, 6.07) is 7.26. The van der Waals surface area contributed by atoms with Crippen LogP contribution in [0.3, 0.4) is 0 Å². The third-order valence-corrected chi connectivity index (χ3v) is 7.96. The SMILES string of the molecule is CN/C(=C(\C=N)NC=O)c1ccnc(C(CCCC(C)C)n2cnc(-c3c(N(N)/C=C(\N)C4CC4)ccc(Cl)c3F)cc2=O)c1. The molecule has 4 rings (SSSR count). The van der Waals surface area contributed by atoms with Crippen molar-refractivity contribution >= 4 is 35.6 Å². The van der Waals surface area contributed by atoms with Crippen LogP contribution in [0.5, 0.6) is 0 Å². The highest BCUT2D eigenvalue weighted by Gasteiger charge is 2.26. The van der Waals surface area contributed by atoms with Crippen molar-refractivity contribution in [3.63, 3.8) is 0 Å². The van der Waals surface area contributed by atoms with Crippen molar-refractivity contribution in [1.82, 2.24) is 25.2 Å². The van der Waals surface area contributed by atoms with Gasteiger partial charge in [0.2, 0.25) is 6.41 Å². The standard InChI is InChI=1S/C32H39ClFN9O2/c1-19(2)5-4-6-27(24-13-21(11-12-39-24)32(38-3)26(15-35)41-18-44)42-17-40-25(14-29(42)45)30-28(10-9-22(33)31(30)34)43(37)16-23(36)20-7-8-20/h9-20,27,35,38H,4-8,36-37H2,1-3H3,(H,41,44)/b23-16-,32-26+,35-15?. The van der Waals surface area contributed by atoms with Crippen LogP contribution in [-0.4, -0.2) is 34.2 Å². The van der Waals surface area contributed by atoms with E-state index in [0.29, 0.717) is 41.4 Å². The quantitative estimate of drug-likeness (QED) is 0.0694. The molecule has 0 radical (unpaired) electrons. The maximum Gasteiger partial charge on any atom is 0.254 e. The van der Waals surface area contributed by atoms with Crippen LogP contribution in [0.15, 0.2) is 65.2 Å². The van der Waals surface area contributed by atoms with Gasteiger partial charge < -0.3 is 21.8 Å². The number of hydrogen-bond acceptors (Lipinski definition) is 9. The number of halogens is 2. The molecule has 1 unspecified atom stereocenters. The molecule has 1 atom stereocenters. The summed E-state index contributed by atoms with van der Waals surface area (Å²) in [6.45, 7) is 4.26. The summed E-state index contributed by atoms with van der Waals surface area (Å²) in [5, 5.41) is 14.4. The number of nitrogens with two attached hydrogens (primary N) is 2. The number of hydrogen-bond donors (Lipinski definition) is 5. The van der Waals surface area contributed by atoms with Gasteiger partial charge >= 0.3 is 0 Å². The largest absolute Gasteiger partial charge is 0.401 e. The summed E-state index contributed by atoms with van der Waals surface area (Å²) in [4.78, 5) is 34.0. The van der Waals surface area contributed by atoms with Crippen LogP contribution in [0.4, 0.5) is 10.1 Å². The average Bonchev–Trinajstić information content (AvgIpc) is 3.87. The van der Waals surface area contributed by atoms with E-state index in [2.05, 4.69) is 34.4 Å². The number of amides is 1. The lowest BCUT2D eigenvalue weighted by molar-refractivity contribution is -0.108. The molecule has 1 aromatic carbocycles. The Kier molecular flexibility index (Phi) is 11.1. The molecule has 238 valence electrons. The number of carbonyl (C=O) groups is 1. The van der Waals surface area contributed by atoms with E-state index in [1.165, 1.54) is 28.0 Å². The van der Waals surface area contributed by atoms with E-state index >= 15 is 4.39 Å². The zero-order valence-electron chi connectivity index (χ0n) is 25.6.